The average molecular weight is 300 g/mol. The third kappa shape index (κ3) is 2.75. The molecule has 1 aromatic heterocycles. The van der Waals surface area contributed by atoms with Gasteiger partial charge in [-0.15, -0.1) is 0 Å². The Labute approximate surface area is 127 Å². The summed E-state index contributed by atoms with van der Waals surface area (Å²) >= 11 is 0. The van der Waals surface area contributed by atoms with Gasteiger partial charge < -0.3 is 9.42 Å². The van der Waals surface area contributed by atoms with Crippen molar-refractivity contribution in [2.45, 2.75) is 44.2 Å². The van der Waals surface area contributed by atoms with Gasteiger partial charge in [0.05, 0.1) is 0 Å². The number of hydrogen-bond donors (Lipinski definition) is 0. The molecule has 22 heavy (non-hydrogen) atoms. The Kier molecular flexibility index (Phi) is 3.21. The number of carbonyl (C=O) groups is 1. The topological polar surface area (TPSA) is 46.3 Å². The van der Waals surface area contributed by atoms with Gasteiger partial charge in [-0.1, -0.05) is 17.3 Å². The summed E-state index contributed by atoms with van der Waals surface area (Å²) in [6.45, 7) is 0.482. The van der Waals surface area contributed by atoms with Crippen LogP contribution in [-0.4, -0.2) is 22.0 Å². The lowest BCUT2D eigenvalue weighted by atomic mass is 10.2. The van der Waals surface area contributed by atoms with Crippen LogP contribution in [0.15, 0.2) is 34.9 Å². The second-order valence-electron chi connectivity index (χ2n) is 6.18. The number of rotatable bonds is 5. The molecule has 0 unspecified atom stereocenters. The fourth-order valence-electron chi connectivity index (χ4n) is 2.64. The third-order valence-corrected chi connectivity index (χ3v) is 4.24. The zero-order valence-electron chi connectivity index (χ0n) is 12.2. The number of carbonyl (C=O) groups excluding carboxylic acids is 1. The molecule has 2 aromatic rings. The van der Waals surface area contributed by atoms with Gasteiger partial charge in [0.15, 0.2) is 5.69 Å². The highest BCUT2D eigenvalue weighted by Crippen LogP contribution is 2.40. The molecule has 0 atom stereocenters. The second-order valence-corrected chi connectivity index (χ2v) is 6.18. The maximum absolute atomic E-state index is 13.0. The molecule has 1 heterocycles. The molecule has 0 N–H and O–H groups in total. The lowest BCUT2D eigenvalue weighted by molar-refractivity contribution is 0.0719. The van der Waals surface area contributed by atoms with Crippen molar-refractivity contribution in [3.8, 4) is 0 Å². The first-order chi connectivity index (χ1) is 10.7. The SMILES string of the molecule is O=C(c1cc(C2CC2)on1)N(Cc1ccc(F)cc1)C1CC1. The largest absolute Gasteiger partial charge is 0.360 e. The van der Waals surface area contributed by atoms with E-state index in [0.717, 1.165) is 37.0 Å². The Morgan fingerprint density at radius 3 is 2.59 bits per heavy atom. The highest BCUT2D eigenvalue weighted by Gasteiger charge is 2.35. The van der Waals surface area contributed by atoms with Crippen LogP contribution in [0.5, 0.6) is 0 Å². The van der Waals surface area contributed by atoms with E-state index in [-0.39, 0.29) is 17.8 Å². The lowest BCUT2D eigenvalue weighted by Crippen LogP contribution is -2.32. The zero-order valence-corrected chi connectivity index (χ0v) is 12.2. The molecule has 0 radical (unpaired) electrons. The van der Waals surface area contributed by atoms with E-state index in [1.54, 1.807) is 18.2 Å². The molecule has 2 fully saturated rings. The minimum absolute atomic E-state index is 0.0949. The first-order valence-corrected chi connectivity index (χ1v) is 7.73. The summed E-state index contributed by atoms with van der Waals surface area (Å²) < 4.78 is 18.3. The van der Waals surface area contributed by atoms with Gasteiger partial charge >= 0.3 is 0 Å². The minimum atomic E-state index is -0.265. The normalized spacial score (nSPS) is 17.5. The Morgan fingerprint density at radius 1 is 1.23 bits per heavy atom. The highest BCUT2D eigenvalue weighted by atomic mass is 19.1. The first kappa shape index (κ1) is 13.5. The molecule has 4 rings (SSSR count). The van der Waals surface area contributed by atoms with Crippen LogP contribution < -0.4 is 0 Å². The van der Waals surface area contributed by atoms with Crippen molar-refractivity contribution in [1.29, 1.82) is 0 Å². The van der Waals surface area contributed by atoms with E-state index in [2.05, 4.69) is 5.16 Å². The van der Waals surface area contributed by atoms with Crippen LogP contribution in [0.3, 0.4) is 0 Å². The summed E-state index contributed by atoms with van der Waals surface area (Å²) in [4.78, 5) is 14.5. The molecule has 2 aliphatic carbocycles. The van der Waals surface area contributed by atoms with E-state index < -0.39 is 0 Å². The van der Waals surface area contributed by atoms with Gasteiger partial charge in [0.25, 0.3) is 5.91 Å². The highest BCUT2D eigenvalue weighted by molar-refractivity contribution is 5.92. The average Bonchev–Trinajstić information content (AvgIpc) is 3.45. The van der Waals surface area contributed by atoms with Gasteiger partial charge in [0.1, 0.15) is 11.6 Å². The van der Waals surface area contributed by atoms with Crippen molar-refractivity contribution in [3.05, 3.63) is 53.2 Å². The Balaban J connectivity index is 1.52. The molecule has 5 heteroatoms. The fraction of sp³-hybridized carbons (Fsp3) is 0.412. The van der Waals surface area contributed by atoms with E-state index in [4.69, 9.17) is 4.52 Å². The molecule has 114 valence electrons. The van der Waals surface area contributed by atoms with Gasteiger partial charge in [-0.2, -0.15) is 0 Å². The number of nitrogens with zero attached hydrogens (tertiary/aromatic N) is 2. The first-order valence-electron chi connectivity index (χ1n) is 7.73. The summed E-state index contributed by atoms with van der Waals surface area (Å²) in [5.74, 6) is 0.905. The lowest BCUT2D eigenvalue weighted by Gasteiger charge is -2.21. The van der Waals surface area contributed by atoms with Crippen LogP contribution in [0, 0.1) is 5.82 Å². The molecule has 0 spiro atoms. The number of hydrogen-bond acceptors (Lipinski definition) is 3. The zero-order chi connectivity index (χ0) is 15.1. The van der Waals surface area contributed by atoms with Gasteiger partial charge in [-0.3, -0.25) is 4.79 Å². The van der Waals surface area contributed by atoms with Crippen molar-refractivity contribution in [3.63, 3.8) is 0 Å². The van der Waals surface area contributed by atoms with E-state index in [1.165, 1.54) is 12.1 Å². The van der Waals surface area contributed by atoms with Gasteiger partial charge in [0.2, 0.25) is 0 Å². The number of amides is 1. The molecule has 0 saturated heterocycles. The smallest absolute Gasteiger partial charge is 0.276 e. The molecule has 2 saturated carbocycles. The fourth-order valence-corrected chi connectivity index (χ4v) is 2.64. The maximum Gasteiger partial charge on any atom is 0.276 e. The predicted molar refractivity (Wildman–Crippen MR) is 77.8 cm³/mol. The van der Waals surface area contributed by atoms with Crippen LogP contribution in [0.1, 0.15) is 53.4 Å². The summed E-state index contributed by atoms with van der Waals surface area (Å²) in [7, 11) is 0. The van der Waals surface area contributed by atoms with Crippen molar-refractivity contribution in [2.24, 2.45) is 0 Å². The summed E-state index contributed by atoms with van der Waals surface area (Å²) in [5, 5.41) is 3.94. The van der Waals surface area contributed by atoms with E-state index in [1.807, 2.05) is 4.90 Å². The van der Waals surface area contributed by atoms with Crippen molar-refractivity contribution >= 4 is 5.91 Å². The molecular formula is C17H17FN2O2. The Morgan fingerprint density at radius 2 is 1.95 bits per heavy atom. The van der Waals surface area contributed by atoms with E-state index in [0.29, 0.717) is 18.2 Å². The van der Waals surface area contributed by atoms with Crippen LogP contribution in [0.2, 0.25) is 0 Å². The quantitative estimate of drug-likeness (QED) is 0.849. The molecule has 1 amide bonds. The summed E-state index contributed by atoms with van der Waals surface area (Å²) in [5.41, 5.74) is 1.31. The van der Waals surface area contributed by atoms with Gasteiger partial charge in [-0.25, -0.2) is 4.39 Å². The monoisotopic (exact) mass is 300 g/mol. The standard InChI is InChI=1S/C17H17FN2O2/c18-13-5-1-11(2-6-13)10-20(14-7-8-14)17(21)15-9-16(22-19-15)12-3-4-12/h1-2,5-6,9,12,14H,3-4,7-8,10H2. The number of aromatic nitrogens is 1. The molecular weight excluding hydrogens is 283 g/mol. The Hall–Kier alpha value is -2.17. The molecule has 2 aliphatic rings. The van der Waals surface area contributed by atoms with Crippen LogP contribution in [0.4, 0.5) is 4.39 Å². The van der Waals surface area contributed by atoms with E-state index in [9.17, 15) is 9.18 Å². The van der Waals surface area contributed by atoms with Crippen molar-refractivity contribution in [2.75, 3.05) is 0 Å². The van der Waals surface area contributed by atoms with Crippen LogP contribution >= 0.6 is 0 Å². The van der Waals surface area contributed by atoms with Crippen LogP contribution in [-0.2, 0) is 6.54 Å². The number of benzene rings is 1. The molecule has 0 aliphatic heterocycles. The minimum Gasteiger partial charge on any atom is -0.360 e. The van der Waals surface area contributed by atoms with Gasteiger partial charge in [-0.05, 0) is 43.4 Å². The second kappa shape index (κ2) is 5.23. The van der Waals surface area contributed by atoms with Crippen molar-refractivity contribution in [1.82, 2.24) is 10.1 Å². The molecule has 4 nitrogen and oxygen atoms in total. The van der Waals surface area contributed by atoms with Gasteiger partial charge in [0, 0.05) is 24.6 Å². The van der Waals surface area contributed by atoms with Crippen LogP contribution in [0.25, 0.3) is 0 Å². The molecule has 0 bridgehead atoms. The molecule has 1 aromatic carbocycles. The summed E-state index contributed by atoms with van der Waals surface area (Å²) in [6, 6.07) is 8.32. The Bertz CT molecular complexity index is 687. The van der Waals surface area contributed by atoms with E-state index >= 15 is 0 Å². The maximum atomic E-state index is 13.0. The van der Waals surface area contributed by atoms with Crippen molar-refractivity contribution < 1.29 is 13.7 Å². The number of halogens is 1. The third-order valence-electron chi connectivity index (χ3n) is 4.24. The summed E-state index contributed by atoms with van der Waals surface area (Å²) in [6.07, 6.45) is 4.26. The predicted octanol–water partition coefficient (Wildman–Crippen LogP) is 3.50.